The lowest BCUT2D eigenvalue weighted by Crippen LogP contribution is -2.15. The predicted molar refractivity (Wildman–Crippen MR) is 269 cm³/mol. The Balaban J connectivity index is 0.000000518. The summed E-state index contributed by atoms with van der Waals surface area (Å²) in [6.45, 7) is 6.96. The molecule has 0 amide bonds. The highest BCUT2D eigenvalue weighted by atomic mass is 32.1. The zero-order chi connectivity index (χ0) is 42.4. The third-order valence-corrected chi connectivity index (χ3v) is 13.1. The van der Waals surface area contributed by atoms with Gasteiger partial charge in [0.05, 0.1) is 0 Å². The summed E-state index contributed by atoms with van der Waals surface area (Å²) in [5, 5.41) is 5.11. The Kier molecular flexibility index (Phi) is 10.1. The Morgan fingerprint density at radius 2 is 0.790 bits per heavy atom. The van der Waals surface area contributed by atoms with E-state index in [0.717, 1.165) is 10.6 Å². The summed E-state index contributed by atoms with van der Waals surface area (Å²) in [7, 11) is 0. The van der Waals surface area contributed by atoms with Crippen LogP contribution in [0.4, 0.5) is 5.69 Å². The summed E-state index contributed by atoms with van der Waals surface area (Å²) in [6, 6.07) is 77.3. The van der Waals surface area contributed by atoms with Crippen LogP contribution in [-0.4, -0.2) is 0 Å². The Morgan fingerprint density at radius 1 is 0.355 bits per heavy atom. The summed E-state index contributed by atoms with van der Waals surface area (Å²) >= 11 is 4.07. The number of aryl methyl sites for hydroxylation is 1. The number of anilines is 1. The molecule has 0 spiro atoms. The average molecular weight is 814 g/mol. The second-order valence-electron chi connectivity index (χ2n) is 16.9. The normalized spacial score (nSPS) is 12.4. The molecule has 0 heterocycles. The molecule has 10 aromatic carbocycles. The molecular weight excluding hydrogens is 767 g/mol. The van der Waals surface area contributed by atoms with E-state index in [2.05, 4.69) is 221 Å². The molecule has 298 valence electrons. The summed E-state index contributed by atoms with van der Waals surface area (Å²) in [4.78, 5) is 0.840. The van der Waals surface area contributed by atoms with Crippen LogP contribution < -0.4 is 5.73 Å². The van der Waals surface area contributed by atoms with E-state index in [0.29, 0.717) is 0 Å². The van der Waals surface area contributed by atoms with Gasteiger partial charge in [-0.25, -0.2) is 0 Å². The highest BCUT2D eigenvalue weighted by Gasteiger charge is 2.37. The molecule has 0 radical (unpaired) electrons. The third-order valence-electron chi connectivity index (χ3n) is 12.7. The molecule has 1 aliphatic carbocycles. The summed E-state index contributed by atoms with van der Waals surface area (Å²) in [5.74, 6) is 0. The van der Waals surface area contributed by atoms with Crippen molar-refractivity contribution >= 4 is 39.9 Å². The number of fused-ring (bicyclic) bond motifs is 5. The number of nitrogen functional groups attached to an aromatic ring is 1. The summed E-state index contributed by atoms with van der Waals surface area (Å²) < 4.78 is 0. The van der Waals surface area contributed by atoms with Crippen LogP contribution in [0.3, 0.4) is 0 Å². The van der Waals surface area contributed by atoms with Crippen molar-refractivity contribution in [1.29, 1.82) is 0 Å². The van der Waals surface area contributed by atoms with Crippen molar-refractivity contribution in [2.75, 3.05) is 5.73 Å². The van der Waals surface area contributed by atoms with Crippen LogP contribution in [-0.2, 0) is 5.41 Å². The molecule has 10 aromatic rings. The second-order valence-corrected chi connectivity index (χ2v) is 17.4. The number of benzene rings is 10. The molecule has 0 atom stereocenters. The molecule has 11 rings (SSSR count). The van der Waals surface area contributed by atoms with Crippen LogP contribution in [0.2, 0.25) is 0 Å². The number of rotatable bonds is 5. The van der Waals surface area contributed by atoms with E-state index < -0.39 is 0 Å². The Morgan fingerprint density at radius 3 is 1.34 bits per heavy atom. The summed E-state index contributed by atoms with van der Waals surface area (Å²) in [5.41, 5.74) is 25.2. The van der Waals surface area contributed by atoms with Gasteiger partial charge in [0.1, 0.15) is 0 Å². The van der Waals surface area contributed by atoms with E-state index in [1.165, 1.54) is 105 Å². The fourth-order valence-electron chi connectivity index (χ4n) is 9.41. The van der Waals surface area contributed by atoms with Gasteiger partial charge in [-0.1, -0.05) is 189 Å². The topological polar surface area (TPSA) is 26.0 Å². The standard InChI is InChI=1S/C54H40.C6H7NS/c1-35-24-26-38(27-25-35)41-28-29-44-47-33-48-49(34-51(47)54(2,3)50(44)32-41)53(43-21-13-19-40(31-43)37-16-8-5-9-17-37)46-23-11-10-22-45(46)52(48)42-20-12-18-39(30-42)36-14-6-4-7-15-36;7-5-3-1-2-4-6(5)8/h4-34H,1-3H3;1-4,8H,7H2. The van der Waals surface area contributed by atoms with Crippen molar-refractivity contribution in [2.24, 2.45) is 0 Å². The number of hydrogen-bond acceptors (Lipinski definition) is 2. The van der Waals surface area contributed by atoms with Gasteiger partial charge in [-0.3, -0.25) is 0 Å². The molecule has 0 aromatic heterocycles. The number of nitrogens with two attached hydrogens (primary N) is 1. The van der Waals surface area contributed by atoms with Crippen LogP contribution >= 0.6 is 12.6 Å². The maximum Gasteiger partial charge on any atom is 0.0449 e. The van der Waals surface area contributed by atoms with Crippen LogP contribution in [0.1, 0.15) is 30.5 Å². The third kappa shape index (κ3) is 7.07. The summed E-state index contributed by atoms with van der Waals surface area (Å²) in [6.07, 6.45) is 0. The van der Waals surface area contributed by atoms with Gasteiger partial charge in [0, 0.05) is 16.0 Å². The van der Waals surface area contributed by atoms with Gasteiger partial charge < -0.3 is 5.73 Å². The average Bonchev–Trinajstić information content (AvgIpc) is 3.53. The molecule has 0 saturated carbocycles. The van der Waals surface area contributed by atoms with Crippen LogP contribution in [0.25, 0.3) is 88.3 Å². The van der Waals surface area contributed by atoms with E-state index in [4.69, 9.17) is 5.73 Å². The van der Waals surface area contributed by atoms with Crippen molar-refractivity contribution in [1.82, 2.24) is 0 Å². The Labute approximate surface area is 370 Å². The van der Waals surface area contributed by atoms with Gasteiger partial charge in [-0.15, -0.1) is 12.6 Å². The molecule has 0 saturated heterocycles. The quantitative estimate of drug-likeness (QED) is 0.101. The van der Waals surface area contributed by atoms with Crippen molar-refractivity contribution in [3.63, 3.8) is 0 Å². The van der Waals surface area contributed by atoms with Crippen LogP contribution in [0.5, 0.6) is 0 Å². The molecule has 1 aliphatic rings. The molecule has 2 N–H and O–H groups in total. The minimum atomic E-state index is -0.179. The molecule has 2 heteroatoms. The maximum atomic E-state index is 5.44. The first-order valence-corrected chi connectivity index (χ1v) is 21.8. The van der Waals surface area contributed by atoms with Gasteiger partial charge in [0.15, 0.2) is 0 Å². The number of para-hydroxylation sites is 1. The molecule has 0 bridgehead atoms. The second kappa shape index (κ2) is 16.0. The zero-order valence-corrected chi connectivity index (χ0v) is 36.1. The molecule has 0 aliphatic heterocycles. The molecule has 62 heavy (non-hydrogen) atoms. The SMILES string of the molecule is Cc1ccc(-c2ccc3c(c2)C(C)(C)c2cc4c(-c5cccc(-c6ccccc6)c5)c5ccccc5c(-c5cccc(-c6ccccc6)c5)c4cc2-3)cc1.Nc1ccccc1S. The van der Waals surface area contributed by atoms with Gasteiger partial charge in [0.25, 0.3) is 0 Å². The first-order chi connectivity index (χ1) is 30.2. The largest absolute Gasteiger partial charge is 0.398 e. The van der Waals surface area contributed by atoms with Crippen LogP contribution in [0.15, 0.2) is 217 Å². The predicted octanol–water partition coefficient (Wildman–Crippen LogP) is 16.5. The van der Waals surface area contributed by atoms with Gasteiger partial charge >= 0.3 is 0 Å². The van der Waals surface area contributed by atoms with Crippen LogP contribution in [0, 0.1) is 6.92 Å². The molecule has 0 fully saturated rings. The van der Waals surface area contributed by atoms with Crippen molar-refractivity contribution in [3.05, 3.63) is 229 Å². The lowest BCUT2D eigenvalue weighted by atomic mass is 9.79. The zero-order valence-electron chi connectivity index (χ0n) is 35.2. The van der Waals surface area contributed by atoms with Gasteiger partial charge in [-0.05, 0) is 149 Å². The highest BCUT2D eigenvalue weighted by Crippen LogP contribution is 2.54. The minimum absolute atomic E-state index is 0.179. The lowest BCUT2D eigenvalue weighted by Gasteiger charge is -2.24. The van der Waals surface area contributed by atoms with E-state index in [1.54, 1.807) is 0 Å². The first kappa shape index (κ1) is 39.0. The molecule has 1 nitrogen and oxygen atoms in total. The van der Waals surface area contributed by atoms with Gasteiger partial charge in [-0.2, -0.15) is 0 Å². The Bertz CT molecular complexity index is 3250. The van der Waals surface area contributed by atoms with E-state index in [-0.39, 0.29) is 5.41 Å². The van der Waals surface area contributed by atoms with E-state index in [1.807, 2.05) is 24.3 Å². The van der Waals surface area contributed by atoms with E-state index in [9.17, 15) is 0 Å². The molecular formula is C60H47NS. The van der Waals surface area contributed by atoms with Crippen molar-refractivity contribution < 1.29 is 0 Å². The number of thiol groups is 1. The fraction of sp³-hybridized carbons (Fsp3) is 0.0667. The minimum Gasteiger partial charge on any atom is -0.398 e. The fourth-order valence-corrected chi connectivity index (χ4v) is 9.57. The Hall–Kier alpha value is -7.13. The van der Waals surface area contributed by atoms with Crippen molar-refractivity contribution in [3.8, 4) is 66.8 Å². The monoisotopic (exact) mass is 813 g/mol. The highest BCUT2D eigenvalue weighted by molar-refractivity contribution is 7.80. The first-order valence-electron chi connectivity index (χ1n) is 21.3. The number of hydrogen-bond donors (Lipinski definition) is 2. The van der Waals surface area contributed by atoms with Gasteiger partial charge in [0.2, 0.25) is 0 Å². The smallest absolute Gasteiger partial charge is 0.0449 e. The van der Waals surface area contributed by atoms with Crippen molar-refractivity contribution in [2.45, 2.75) is 31.1 Å². The lowest BCUT2D eigenvalue weighted by molar-refractivity contribution is 0.661. The molecule has 0 unspecified atom stereocenters. The van der Waals surface area contributed by atoms with E-state index >= 15 is 0 Å². The maximum absolute atomic E-state index is 5.44.